The molecule has 1 aromatic heterocycles. The van der Waals surface area contributed by atoms with E-state index in [4.69, 9.17) is 16.3 Å². The SMILES string of the molecule is COc1ccc2ncc(Cl)c(CCCC3(CC(=O)O)CCN(CCSc4cccc(C(F)(F)F)c4)CC3)c2c1. The molecule has 0 aliphatic carbocycles. The van der Waals surface area contributed by atoms with Crippen LogP contribution in [0.4, 0.5) is 13.2 Å². The maximum absolute atomic E-state index is 13.0. The zero-order valence-corrected chi connectivity index (χ0v) is 23.3. The molecule has 0 unspecified atom stereocenters. The molecule has 39 heavy (non-hydrogen) atoms. The van der Waals surface area contributed by atoms with Crippen molar-refractivity contribution in [2.24, 2.45) is 5.41 Å². The average molecular weight is 581 g/mol. The van der Waals surface area contributed by atoms with Crippen LogP contribution >= 0.6 is 23.4 Å². The van der Waals surface area contributed by atoms with E-state index >= 15 is 0 Å². The summed E-state index contributed by atoms with van der Waals surface area (Å²) >= 11 is 7.93. The Bertz CT molecular complexity index is 1300. The van der Waals surface area contributed by atoms with Gasteiger partial charge in [0.1, 0.15) is 5.75 Å². The quantitative estimate of drug-likeness (QED) is 0.236. The Balaban J connectivity index is 1.33. The van der Waals surface area contributed by atoms with E-state index in [1.165, 1.54) is 23.9 Å². The Morgan fingerprint density at radius 1 is 1.21 bits per heavy atom. The summed E-state index contributed by atoms with van der Waals surface area (Å²) in [6, 6.07) is 11.1. The molecular weight excluding hydrogens is 549 g/mol. The van der Waals surface area contributed by atoms with Crippen molar-refractivity contribution in [3.8, 4) is 5.75 Å². The smallest absolute Gasteiger partial charge is 0.416 e. The van der Waals surface area contributed by atoms with Gasteiger partial charge in [-0.2, -0.15) is 13.2 Å². The van der Waals surface area contributed by atoms with Crippen LogP contribution in [-0.4, -0.2) is 53.5 Å². The maximum Gasteiger partial charge on any atom is 0.416 e. The third-order valence-corrected chi connectivity index (χ3v) is 8.85. The highest BCUT2D eigenvalue weighted by Gasteiger charge is 2.36. The first-order valence-electron chi connectivity index (χ1n) is 12.9. The van der Waals surface area contributed by atoms with Gasteiger partial charge in [-0.15, -0.1) is 11.8 Å². The van der Waals surface area contributed by atoms with E-state index in [0.29, 0.717) is 22.1 Å². The van der Waals surface area contributed by atoms with Crippen LogP contribution in [0, 0.1) is 5.41 Å². The van der Waals surface area contributed by atoms with Gasteiger partial charge in [0, 0.05) is 28.8 Å². The van der Waals surface area contributed by atoms with Crippen molar-refractivity contribution in [2.75, 3.05) is 32.5 Å². The Hall–Kier alpha value is -2.49. The Labute approximate surface area is 235 Å². The number of halogens is 4. The fourth-order valence-electron chi connectivity index (χ4n) is 5.37. The second-order valence-electron chi connectivity index (χ2n) is 10.1. The summed E-state index contributed by atoms with van der Waals surface area (Å²) in [7, 11) is 1.62. The number of methoxy groups -OCH3 is 1. The zero-order chi connectivity index (χ0) is 28.0. The van der Waals surface area contributed by atoms with Gasteiger partial charge >= 0.3 is 12.1 Å². The number of carboxylic acids is 1. The summed E-state index contributed by atoms with van der Waals surface area (Å²) in [5, 5.41) is 11.2. The minimum absolute atomic E-state index is 0.123. The monoisotopic (exact) mass is 580 g/mol. The standard InChI is InChI=1S/C29H32ClF3N2O3S/c1-38-21-7-8-26-24(17-21)23(25(30)19-34-26)6-3-9-28(18-27(36)37)10-12-35(13-11-28)14-15-39-22-5-2-4-20(16-22)29(31,32)33/h2,4-5,7-8,16-17,19H,3,6,9-15,18H2,1H3,(H,36,37). The van der Waals surface area contributed by atoms with Crippen molar-refractivity contribution in [1.29, 1.82) is 0 Å². The van der Waals surface area contributed by atoms with Gasteiger partial charge in [0.2, 0.25) is 0 Å². The molecule has 10 heteroatoms. The largest absolute Gasteiger partial charge is 0.497 e. The molecular formula is C29H32ClF3N2O3S. The zero-order valence-electron chi connectivity index (χ0n) is 21.8. The van der Waals surface area contributed by atoms with Crippen LogP contribution in [0.15, 0.2) is 53.6 Å². The number of aryl methyl sites for hydroxylation is 1. The molecule has 0 bridgehead atoms. The molecule has 0 amide bonds. The van der Waals surface area contributed by atoms with Crippen LogP contribution in [0.25, 0.3) is 10.9 Å². The number of hydrogen-bond donors (Lipinski definition) is 1. The number of thioether (sulfide) groups is 1. The minimum Gasteiger partial charge on any atom is -0.497 e. The molecule has 1 N–H and O–H groups in total. The van der Waals surface area contributed by atoms with Crippen LogP contribution < -0.4 is 4.74 Å². The van der Waals surface area contributed by atoms with E-state index in [1.807, 2.05) is 18.2 Å². The summed E-state index contributed by atoms with van der Waals surface area (Å²) in [6.07, 6.45) is 1.26. The second-order valence-corrected chi connectivity index (χ2v) is 11.7. The lowest BCUT2D eigenvalue weighted by Crippen LogP contribution is -2.42. The molecule has 4 rings (SSSR count). The molecule has 2 aromatic carbocycles. The Kier molecular flexibility index (Phi) is 9.67. The van der Waals surface area contributed by atoms with E-state index in [9.17, 15) is 23.1 Å². The van der Waals surface area contributed by atoms with Gasteiger partial charge in [-0.1, -0.05) is 17.7 Å². The molecule has 1 saturated heterocycles. The molecule has 0 atom stereocenters. The van der Waals surface area contributed by atoms with E-state index in [1.54, 1.807) is 19.4 Å². The number of aromatic nitrogens is 1. The van der Waals surface area contributed by atoms with Gasteiger partial charge < -0.3 is 14.7 Å². The van der Waals surface area contributed by atoms with Crippen molar-refractivity contribution in [1.82, 2.24) is 9.88 Å². The van der Waals surface area contributed by atoms with Gasteiger partial charge in [-0.05, 0) is 92.6 Å². The van der Waals surface area contributed by atoms with Crippen molar-refractivity contribution < 1.29 is 27.8 Å². The van der Waals surface area contributed by atoms with Crippen LogP contribution in [-0.2, 0) is 17.4 Å². The molecule has 0 saturated carbocycles. The van der Waals surface area contributed by atoms with Crippen LogP contribution in [0.2, 0.25) is 5.02 Å². The Morgan fingerprint density at radius 2 is 1.97 bits per heavy atom. The number of ether oxygens (including phenoxy) is 1. The number of pyridine rings is 1. The van der Waals surface area contributed by atoms with E-state index < -0.39 is 17.7 Å². The van der Waals surface area contributed by atoms with Crippen molar-refractivity contribution >= 4 is 40.2 Å². The molecule has 1 fully saturated rings. The highest BCUT2D eigenvalue weighted by molar-refractivity contribution is 7.99. The fraction of sp³-hybridized carbons (Fsp3) is 0.448. The lowest BCUT2D eigenvalue weighted by Gasteiger charge is -2.41. The van der Waals surface area contributed by atoms with E-state index in [2.05, 4.69) is 9.88 Å². The average Bonchev–Trinajstić information content (AvgIpc) is 2.90. The van der Waals surface area contributed by atoms with Gasteiger partial charge in [-0.3, -0.25) is 9.78 Å². The number of alkyl halides is 3. The van der Waals surface area contributed by atoms with Crippen molar-refractivity contribution in [3.05, 3.63) is 64.8 Å². The summed E-state index contributed by atoms with van der Waals surface area (Å²) in [6.45, 7) is 2.28. The second kappa shape index (κ2) is 12.8. The number of hydrogen-bond acceptors (Lipinski definition) is 5. The third-order valence-electron chi connectivity index (χ3n) is 7.55. The number of aliphatic carboxylic acids is 1. The molecule has 0 radical (unpaired) electrons. The maximum atomic E-state index is 13.0. The number of fused-ring (bicyclic) bond motifs is 1. The summed E-state index contributed by atoms with van der Waals surface area (Å²) in [4.78, 5) is 19.1. The predicted octanol–water partition coefficient (Wildman–Crippen LogP) is 7.59. The molecule has 3 aromatic rings. The van der Waals surface area contributed by atoms with Gasteiger partial charge in [0.25, 0.3) is 0 Å². The topological polar surface area (TPSA) is 62.7 Å². The number of likely N-dealkylation sites (tertiary alicyclic amines) is 1. The molecule has 2 heterocycles. The van der Waals surface area contributed by atoms with Gasteiger partial charge in [0.15, 0.2) is 0 Å². The first-order chi connectivity index (χ1) is 18.6. The highest BCUT2D eigenvalue weighted by Crippen LogP contribution is 2.41. The Morgan fingerprint density at radius 3 is 2.67 bits per heavy atom. The molecule has 1 aliphatic rings. The minimum atomic E-state index is -4.35. The summed E-state index contributed by atoms with van der Waals surface area (Å²) in [5.41, 5.74) is 0.912. The normalized spacial score (nSPS) is 15.9. The fourth-order valence-corrected chi connectivity index (χ4v) is 6.58. The molecule has 1 aliphatic heterocycles. The first-order valence-corrected chi connectivity index (χ1v) is 14.3. The number of rotatable bonds is 11. The third kappa shape index (κ3) is 7.80. The highest BCUT2D eigenvalue weighted by atomic mass is 35.5. The number of carboxylic acid groups (broad SMARTS) is 1. The van der Waals surface area contributed by atoms with Gasteiger partial charge in [-0.25, -0.2) is 0 Å². The van der Waals surface area contributed by atoms with Crippen LogP contribution in [0.3, 0.4) is 0 Å². The number of piperidine rings is 1. The first kappa shape index (κ1) is 29.5. The predicted molar refractivity (Wildman–Crippen MR) is 149 cm³/mol. The van der Waals surface area contributed by atoms with Crippen molar-refractivity contribution in [2.45, 2.75) is 49.6 Å². The van der Waals surface area contributed by atoms with E-state index in [0.717, 1.165) is 73.6 Å². The van der Waals surface area contributed by atoms with E-state index in [-0.39, 0.29) is 11.8 Å². The molecule has 5 nitrogen and oxygen atoms in total. The summed E-state index contributed by atoms with van der Waals surface area (Å²) < 4.78 is 44.3. The van der Waals surface area contributed by atoms with Gasteiger partial charge in [0.05, 0.1) is 29.6 Å². The lowest BCUT2D eigenvalue weighted by molar-refractivity contribution is -0.141. The number of benzene rings is 2. The van der Waals surface area contributed by atoms with Crippen LogP contribution in [0.1, 0.15) is 43.2 Å². The summed E-state index contributed by atoms with van der Waals surface area (Å²) in [5.74, 6) is 0.610. The molecule has 0 spiro atoms. The number of nitrogens with zero attached hydrogens (tertiary/aromatic N) is 2. The molecule has 210 valence electrons. The lowest BCUT2D eigenvalue weighted by atomic mass is 9.72. The van der Waals surface area contributed by atoms with Crippen molar-refractivity contribution in [3.63, 3.8) is 0 Å². The van der Waals surface area contributed by atoms with Crippen LogP contribution in [0.5, 0.6) is 5.75 Å². The number of carbonyl (C=O) groups is 1.